The molecule has 2 unspecified atom stereocenters. The zero-order chi connectivity index (χ0) is 18.2. The molecule has 0 aromatic rings. The lowest BCUT2D eigenvalue weighted by atomic mass is 9.12. The van der Waals surface area contributed by atoms with E-state index in [4.69, 9.17) is 0 Å². The summed E-state index contributed by atoms with van der Waals surface area (Å²) in [6.07, 6.45) is 26.8. The van der Waals surface area contributed by atoms with Crippen LogP contribution in [-0.4, -0.2) is 13.4 Å². The fourth-order valence-corrected chi connectivity index (χ4v) is 9.81. The third kappa shape index (κ3) is 3.70. The minimum Gasteiger partial charge on any atom is -0.0694 e. The maximum absolute atomic E-state index is 2.80. The first-order chi connectivity index (χ1) is 13.3. The largest absolute Gasteiger partial charge is 0.149 e. The molecule has 5 rings (SSSR count). The Labute approximate surface area is 170 Å². The van der Waals surface area contributed by atoms with E-state index >= 15 is 0 Å². The number of hydrogen-bond donors (Lipinski definition) is 0. The van der Waals surface area contributed by atoms with Gasteiger partial charge in [0.05, 0.1) is 0 Å². The standard InChI is InChI=1S/C25H44B2/c1-19(26-21-11-5-12-22(26)14-6-13-21)25(20-9-3-2-4-10-20)27-23-15-7-16-24(27)18-8-17-23/h19-25H,2-18H2,1H3. The second-order valence-corrected chi connectivity index (χ2v) is 11.8. The molecule has 150 valence electrons. The van der Waals surface area contributed by atoms with Crippen LogP contribution < -0.4 is 0 Å². The molecule has 0 aromatic carbocycles. The topological polar surface area (TPSA) is 0 Å². The van der Waals surface area contributed by atoms with Gasteiger partial charge in [0.25, 0.3) is 0 Å². The van der Waals surface area contributed by atoms with Crippen molar-refractivity contribution in [2.45, 2.75) is 151 Å². The molecule has 5 fully saturated rings. The van der Waals surface area contributed by atoms with Crippen LogP contribution in [-0.2, 0) is 0 Å². The van der Waals surface area contributed by atoms with Gasteiger partial charge in [-0.1, -0.05) is 151 Å². The molecule has 2 heteroatoms. The molecule has 5 aliphatic rings. The van der Waals surface area contributed by atoms with E-state index in [-0.39, 0.29) is 0 Å². The quantitative estimate of drug-likeness (QED) is 0.437. The Morgan fingerprint density at radius 1 is 0.481 bits per heavy atom. The van der Waals surface area contributed by atoms with Crippen LogP contribution in [0.5, 0.6) is 0 Å². The summed E-state index contributed by atoms with van der Waals surface area (Å²) in [5.41, 5.74) is 0. The van der Waals surface area contributed by atoms with Crippen molar-refractivity contribution < 1.29 is 0 Å². The zero-order valence-electron chi connectivity index (χ0n) is 18.2. The van der Waals surface area contributed by atoms with Crippen molar-refractivity contribution >= 4 is 13.4 Å². The average molecular weight is 366 g/mol. The molecule has 4 bridgehead atoms. The van der Waals surface area contributed by atoms with Gasteiger partial charge in [0.15, 0.2) is 0 Å². The third-order valence-electron chi connectivity index (χ3n) is 10.6. The van der Waals surface area contributed by atoms with Crippen LogP contribution in [0.4, 0.5) is 0 Å². The first-order valence-electron chi connectivity index (χ1n) is 13.3. The van der Waals surface area contributed by atoms with Crippen LogP contribution in [0, 0.1) is 5.92 Å². The van der Waals surface area contributed by atoms with Crippen LogP contribution in [0.3, 0.4) is 0 Å². The van der Waals surface area contributed by atoms with E-state index < -0.39 is 0 Å². The average Bonchev–Trinajstić information content (AvgIpc) is 2.68. The van der Waals surface area contributed by atoms with Crippen molar-refractivity contribution in [3.8, 4) is 0 Å². The van der Waals surface area contributed by atoms with E-state index in [0.717, 1.165) is 54.2 Å². The Bertz CT molecular complexity index is 441. The van der Waals surface area contributed by atoms with Crippen LogP contribution >= 0.6 is 0 Å². The molecule has 2 atom stereocenters. The Balaban J connectivity index is 1.44. The zero-order valence-corrected chi connectivity index (χ0v) is 18.2. The van der Waals surface area contributed by atoms with Crippen LogP contribution in [0.25, 0.3) is 0 Å². The summed E-state index contributed by atoms with van der Waals surface area (Å²) in [6, 6.07) is 0. The van der Waals surface area contributed by atoms with Gasteiger partial charge in [-0.15, -0.1) is 0 Å². The van der Waals surface area contributed by atoms with Crippen molar-refractivity contribution in [3.05, 3.63) is 0 Å². The number of fused-ring (bicyclic) bond motifs is 4. The van der Waals surface area contributed by atoms with Gasteiger partial charge >= 0.3 is 0 Å². The molecule has 4 heterocycles. The lowest BCUT2D eigenvalue weighted by molar-refractivity contribution is 0.312. The summed E-state index contributed by atoms with van der Waals surface area (Å²) in [5.74, 6) is 7.71. The molecule has 0 aromatic heterocycles. The Morgan fingerprint density at radius 3 is 1.33 bits per heavy atom. The summed E-state index contributed by atoms with van der Waals surface area (Å²) in [6.45, 7) is 5.04. The SMILES string of the molecule is CC(B1C2CCCC1CCC2)C(B1C2CCCC1CCC2)C1CCCCC1. The van der Waals surface area contributed by atoms with E-state index in [0.29, 0.717) is 0 Å². The predicted molar refractivity (Wildman–Crippen MR) is 122 cm³/mol. The van der Waals surface area contributed by atoms with Crippen molar-refractivity contribution in [2.75, 3.05) is 0 Å². The van der Waals surface area contributed by atoms with Gasteiger partial charge in [-0.2, -0.15) is 0 Å². The smallest absolute Gasteiger partial charge is 0.0694 e. The van der Waals surface area contributed by atoms with Gasteiger partial charge < -0.3 is 0 Å². The van der Waals surface area contributed by atoms with Gasteiger partial charge in [-0.25, -0.2) is 0 Å². The van der Waals surface area contributed by atoms with Crippen LogP contribution in [0.15, 0.2) is 0 Å². The first kappa shape index (κ1) is 19.1. The van der Waals surface area contributed by atoms with Gasteiger partial charge in [-0.3, -0.25) is 0 Å². The highest BCUT2D eigenvalue weighted by molar-refractivity contribution is 6.70. The van der Waals surface area contributed by atoms with E-state index in [1.807, 2.05) is 0 Å². The van der Waals surface area contributed by atoms with Crippen molar-refractivity contribution in [2.24, 2.45) is 5.92 Å². The van der Waals surface area contributed by atoms with Crippen molar-refractivity contribution in [1.82, 2.24) is 0 Å². The lowest BCUT2D eigenvalue weighted by Gasteiger charge is -2.53. The molecule has 0 amide bonds. The second-order valence-electron chi connectivity index (χ2n) is 11.8. The van der Waals surface area contributed by atoms with Gasteiger partial charge in [-0.05, 0) is 5.92 Å². The molecule has 0 N–H and O–H groups in total. The molecule has 1 saturated carbocycles. The van der Waals surface area contributed by atoms with E-state index in [1.54, 1.807) is 103 Å². The van der Waals surface area contributed by atoms with Crippen molar-refractivity contribution in [1.29, 1.82) is 0 Å². The molecular formula is C25H44B2. The minimum atomic E-state index is 1.04. The van der Waals surface area contributed by atoms with Crippen LogP contribution in [0.1, 0.15) is 116 Å². The molecular weight excluding hydrogens is 322 g/mol. The summed E-state index contributed by atoms with van der Waals surface area (Å²) >= 11 is 0. The molecule has 4 aliphatic heterocycles. The Kier molecular flexibility index (Phi) is 6.00. The van der Waals surface area contributed by atoms with E-state index in [9.17, 15) is 0 Å². The molecule has 27 heavy (non-hydrogen) atoms. The molecule has 0 radical (unpaired) electrons. The minimum absolute atomic E-state index is 1.04. The van der Waals surface area contributed by atoms with Gasteiger partial charge in [0.2, 0.25) is 0 Å². The highest BCUT2D eigenvalue weighted by Gasteiger charge is 2.52. The number of hydrogen-bond acceptors (Lipinski definition) is 0. The Morgan fingerprint density at radius 2 is 0.889 bits per heavy atom. The predicted octanol–water partition coefficient (Wildman–Crippen LogP) is 8.53. The molecule has 0 nitrogen and oxygen atoms in total. The maximum Gasteiger partial charge on any atom is 0.149 e. The monoisotopic (exact) mass is 366 g/mol. The van der Waals surface area contributed by atoms with Gasteiger partial charge in [0, 0.05) is 0 Å². The molecule has 4 saturated heterocycles. The van der Waals surface area contributed by atoms with Crippen molar-refractivity contribution in [3.63, 3.8) is 0 Å². The number of rotatable bonds is 4. The highest BCUT2D eigenvalue weighted by atomic mass is 14.4. The van der Waals surface area contributed by atoms with Crippen LogP contribution in [0.2, 0.25) is 34.9 Å². The maximum atomic E-state index is 2.80. The van der Waals surface area contributed by atoms with Gasteiger partial charge in [0.1, 0.15) is 13.4 Å². The fourth-order valence-electron chi connectivity index (χ4n) is 9.81. The molecule has 1 aliphatic carbocycles. The summed E-state index contributed by atoms with van der Waals surface area (Å²) in [7, 11) is 0. The first-order valence-corrected chi connectivity index (χ1v) is 13.3. The summed E-state index contributed by atoms with van der Waals surface area (Å²) in [4.78, 5) is 0. The lowest BCUT2D eigenvalue weighted by Crippen LogP contribution is -2.48. The normalized spacial score (nSPS) is 39.9. The Hall–Kier alpha value is 0.130. The van der Waals surface area contributed by atoms with E-state index in [2.05, 4.69) is 6.92 Å². The molecule has 0 spiro atoms. The summed E-state index contributed by atoms with van der Waals surface area (Å²) < 4.78 is 0. The van der Waals surface area contributed by atoms with E-state index in [1.165, 1.54) is 6.42 Å². The second kappa shape index (κ2) is 8.47. The third-order valence-corrected chi connectivity index (χ3v) is 10.6. The summed E-state index contributed by atoms with van der Waals surface area (Å²) in [5, 5.41) is 0. The fraction of sp³-hybridized carbons (Fsp3) is 1.00. The highest BCUT2D eigenvalue weighted by Crippen LogP contribution is 2.61.